The number of rotatable bonds is 6. The number of thioether (sulfide) groups is 1. The van der Waals surface area contributed by atoms with E-state index in [1.54, 1.807) is 12.1 Å². The molecule has 0 radical (unpaired) electrons. The molecule has 2 aromatic carbocycles. The highest BCUT2D eigenvalue weighted by atomic mass is 35.5. The molecule has 1 N–H and O–H groups in total. The minimum atomic E-state index is -3.95. The van der Waals surface area contributed by atoms with E-state index in [9.17, 15) is 13.2 Å². The molecule has 0 atom stereocenters. The Hall–Kier alpha value is -1.70. The molecule has 0 fully saturated rings. The lowest BCUT2D eigenvalue weighted by Crippen LogP contribution is -2.15. The van der Waals surface area contributed by atoms with Crippen LogP contribution < -0.4 is 4.72 Å². The lowest BCUT2D eigenvalue weighted by molar-refractivity contribution is 0.0600. The van der Waals surface area contributed by atoms with Crippen LogP contribution in [0.2, 0.25) is 5.02 Å². The summed E-state index contributed by atoms with van der Waals surface area (Å²) in [7, 11) is -2.73. The van der Waals surface area contributed by atoms with Crippen molar-refractivity contribution in [3.8, 4) is 0 Å². The number of ether oxygens (including phenoxy) is 1. The van der Waals surface area contributed by atoms with Crippen LogP contribution in [-0.2, 0) is 14.8 Å². The third-order valence-corrected chi connectivity index (χ3v) is 5.88. The van der Waals surface area contributed by atoms with Crippen LogP contribution in [0.25, 0.3) is 0 Å². The highest BCUT2D eigenvalue weighted by molar-refractivity contribution is 7.99. The van der Waals surface area contributed by atoms with Crippen molar-refractivity contribution in [2.75, 3.05) is 17.6 Å². The number of nitrogens with one attached hydrogen (secondary N) is 1. The second-order valence-corrected chi connectivity index (χ2v) is 8.04. The normalized spacial score (nSPS) is 11.1. The summed E-state index contributed by atoms with van der Waals surface area (Å²) in [6, 6.07) is 11.0. The SMILES string of the molecule is CCSc1ccccc1NS(=O)(=O)c1cc(C(=O)OC)ccc1Cl. The average molecular weight is 386 g/mol. The van der Waals surface area contributed by atoms with Crippen molar-refractivity contribution in [3.63, 3.8) is 0 Å². The van der Waals surface area contributed by atoms with Gasteiger partial charge in [-0.2, -0.15) is 0 Å². The maximum absolute atomic E-state index is 12.7. The number of hydrogen-bond donors (Lipinski definition) is 1. The first-order valence-corrected chi connectivity index (χ1v) is 9.86. The van der Waals surface area contributed by atoms with Gasteiger partial charge in [0.2, 0.25) is 0 Å². The molecule has 0 saturated carbocycles. The van der Waals surface area contributed by atoms with Gasteiger partial charge in [-0.1, -0.05) is 30.7 Å². The standard InChI is InChI=1S/C16H16ClNO4S2/c1-3-23-14-7-5-4-6-13(14)18-24(20,21)15-10-11(16(19)22-2)8-9-12(15)17/h4-10,18H,3H2,1-2H3. The number of sulfonamides is 1. The Morgan fingerprint density at radius 2 is 1.96 bits per heavy atom. The Morgan fingerprint density at radius 3 is 2.62 bits per heavy atom. The zero-order valence-electron chi connectivity index (χ0n) is 13.1. The number of methoxy groups -OCH3 is 1. The first kappa shape index (κ1) is 18.6. The van der Waals surface area contributed by atoms with E-state index in [0.717, 1.165) is 10.6 Å². The fourth-order valence-electron chi connectivity index (χ4n) is 1.99. The van der Waals surface area contributed by atoms with Gasteiger partial charge in [-0.05, 0) is 36.1 Å². The third kappa shape index (κ3) is 4.23. The number of carbonyl (C=O) groups is 1. The maximum atomic E-state index is 12.7. The fourth-order valence-corrected chi connectivity index (χ4v) is 4.42. The van der Waals surface area contributed by atoms with Crippen LogP contribution >= 0.6 is 23.4 Å². The van der Waals surface area contributed by atoms with Crippen molar-refractivity contribution in [1.29, 1.82) is 0 Å². The highest BCUT2D eigenvalue weighted by Crippen LogP contribution is 2.30. The van der Waals surface area contributed by atoms with Gasteiger partial charge in [0.15, 0.2) is 0 Å². The zero-order valence-corrected chi connectivity index (χ0v) is 15.5. The Balaban J connectivity index is 2.43. The molecular weight excluding hydrogens is 370 g/mol. The molecular formula is C16H16ClNO4S2. The van der Waals surface area contributed by atoms with Crippen LogP contribution in [0.1, 0.15) is 17.3 Å². The van der Waals surface area contributed by atoms with Gasteiger partial charge < -0.3 is 4.74 Å². The molecule has 0 aromatic heterocycles. The number of benzene rings is 2. The summed E-state index contributed by atoms with van der Waals surface area (Å²) in [6.07, 6.45) is 0. The Bertz CT molecular complexity index is 853. The number of carbonyl (C=O) groups excluding carboxylic acids is 1. The van der Waals surface area contributed by atoms with Gasteiger partial charge in [0.05, 0.1) is 23.4 Å². The minimum Gasteiger partial charge on any atom is -0.465 e. The van der Waals surface area contributed by atoms with Crippen LogP contribution in [0.15, 0.2) is 52.3 Å². The Morgan fingerprint density at radius 1 is 1.25 bits per heavy atom. The zero-order chi connectivity index (χ0) is 17.7. The average Bonchev–Trinajstić information content (AvgIpc) is 2.56. The van der Waals surface area contributed by atoms with Gasteiger partial charge in [0.1, 0.15) is 4.90 Å². The van der Waals surface area contributed by atoms with E-state index in [0.29, 0.717) is 5.69 Å². The molecule has 0 unspecified atom stereocenters. The number of anilines is 1. The maximum Gasteiger partial charge on any atom is 0.337 e. The summed E-state index contributed by atoms with van der Waals surface area (Å²) in [5, 5.41) is 0.0239. The lowest BCUT2D eigenvalue weighted by Gasteiger charge is -2.13. The van der Waals surface area contributed by atoms with E-state index in [4.69, 9.17) is 11.6 Å². The molecule has 0 saturated heterocycles. The predicted octanol–water partition coefficient (Wildman–Crippen LogP) is 4.04. The van der Waals surface area contributed by atoms with Crippen LogP contribution in [0.4, 0.5) is 5.69 Å². The molecule has 0 amide bonds. The smallest absolute Gasteiger partial charge is 0.337 e. The van der Waals surface area contributed by atoms with Gasteiger partial charge >= 0.3 is 5.97 Å². The molecule has 128 valence electrons. The summed E-state index contributed by atoms with van der Waals surface area (Å²) in [5.74, 6) is 0.169. The topological polar surface area (TPSA) is 72.5 Å². The molecule has 24 heavy (non-hydrogen) atoms. The molecule has 0 aliphatic heterocycles. The predicted molar refractivity (Wildman–Crippen MR) is 96.4 cm³/mol. The largest absolute Gasteiger partial charge is 0.465 e. The van der Waals surface area contributed by atoms with E-state index < -0.39 is 16.0 Å². The summed E-state index contributed by atoms with van der Waals surface area (Å²) in [5.41, 5.74) is 0.572. The molecule has 2 rings (SSSR count). The number of esters is 1. The molecule has 0 aliphatic rings. The van der Waals surface area contributed by atoms with E-state index in [-0.39, 0.29) is 15.5 Å². The van der Waals surface area contributed by atoms with E-state index in [1.807, 2.05) is 19.1 Å². The van der Waals surface area contributed by atoms with Crippen LogP contribution in [0.3, 0.4) is 0 Å². The lowest BCUT2D eigenvalue weighted by atomic mass is 10.2. The molecule has 0 aliphatic carbocycles. The molecule has 8 heteroatoms. The first-order chi connectivity index (χ1) is 11.4. The van der Waals surface area contributed by atoms with Crippen LogP contribution in [-0.4, -0.2) is 27.2 Å². The van der Waals surface area contributed by atoms with Crippen molar-refractivity contribution in [1.82, 2.24) is 0 Å². The number of hydrogen-bond acceptors (Lipinski definition) is 5. The van der Waals surface area contributed by atoms with Gasteiger partial charge in [0.25, 0.3) is 10.0 Å². The summed E-state index contributed by atoms with van der Waals surface area (Å²) >= 11 is 7.54. The van der Waals surface area contributed by atoms with E-state index in [2.05, 4.69) is 9.46 Å². The van der Waals surface area contributed by atoms with E-state index >= 15 is 0 Å². The van der Waals surface area contributed by atoms with Gasteiger partial charge in [-0.15, -0.1) is 11.8 Å². The molecule has 0 spiro atoms. The van der Waals surface area contributed by atoms with Gasteiger partial charge in [0, 0.05) is 4.90 Å². The minimum absolute atomic E-state index is 0.0239. The summed E-state index contributed by atoms with van der Waals surface area (Å²) < 4.78 is 32.5. The number of para-hydroxylation sites is 1. The third-order valence-electron chi connectivity index (χ3n) is 3.07. The van der Waals surface area contributed by atoms with Gasteiger partial charge in [-0.25, -0.2) is 13.2 Å². The van der Waals surface area contributed by atoms with Gasteiger partial charge in [-0.3, -0.25) is 4.72 Å². The van der Waals surface area contributed by atoms with Crippen LogP contribution in [0, 0.1) is 0 Å². The van der Waals surface area contributed by atoms with Crippen molar-refractivity contribution in [2.24, 2.45) is 0 Å². The highest BCUT2D eigenvalue weighted by Gasteiger charge is 2.21. The second kappa shape index (κ2) is 7.92. The van der Waals surface area contributed by atoms with Crippen molar-refractivity contribution >= 4 is 45.0 Å². The molecule has 2 aromatic rings. The van der Waals surface area contributed by atoms with Crippen LogP contribution in [0.5, 0.6) is 0 Å². The van der Waals surface area contributed by atoms with E-state index in [1.165, 1.54) is 37.1 Å². The Kier molecular flexibility index (Phi) is 6.15. The second-order valence-electron chi connectivity index (χ2n) is 4.67. The summed E-state index contributed by atoms with van der Waals surface area (Å²) in [6.45, 7) is 1.98. The molecule has 5 nitrogen and oxygen atoms in total. The number of halogens is 1. The quantitative estimate of drug-likeness (QED) is 0.600. The molecule has 0 bridgehead atoms. The van der Waals surface area contributed by atoms with Crippen molar-refractivity contribution in [3.05, 3.63) is 53.1 Å². The van der Waals surface area contributed by atoms with Crippen molar-refractivity contribution < 1.29 is 17.9 Å². The first-order valence-electron chi connectivity index (χ1n) is 7.01. The van der Waals surface area contributed by atoms with Crippen molar-refractivity contribution in [2.45, 2.75) is 16.7 Å². The monoisotopic (exact) mass is 385 g/mol. The Labute approximate surface area is 150 Å². The molecule has 0 heterocycles. The fraction of sp³-hybridized carbons (Fsp3) is 0.188. The summed E-state index contributed by atoms with van der Waals surface area (Å²) in [4.78, 5) is 12.2.